The predicted octanol–water partition coefficient (Wildman–Crippen LogP) is 1.72. The number of aromatic nitrogens is 2. The van der Waals surface area contributed by atoms with Gasteiger partial charge in [-0.25, -0.2) is 0 Å². The summed E-state index contributed by atoms with van der Waals surface area (Å²) in [5.41, 5.74) is 1.88. The van der Waals surface area contributed by atoms with Gasteiger partial charge < -0.3 is 10.2 Å². The number of piperidine rings is 1. The lowest BCUT2D eigenvalue weighted by molar-refractivity contribution is -0.139. The second kappa shape index (κ2) is 8.37. The maximum Gasteiger partial charge on any atom is 0.245 e. The fraction of sp³-hybridized carbons (Fsp3) is 0.368. The number of hydrogen-bond acceptors (Lipinski definition) is 4. The Bertz CT molecular complexity index is 706. The molecule has 6 heteroatoms. The van der Waals surface area contributed by atoms with Crippen molar-refractivity contribution in [3.05, 3.63) is 60.2 Å². The van der Waals surface area contributed by atoms with Crippen LogP contribution >= 0.6 is 0 Å². The molecule has 2 amide bonds. The first kappa shape index (κ1) is 17.1. The van der Waals surface area contributed by atoms with Crippen molar-refractivity contribution in [1.29, 1.82) is 0 Å². The van der Waals surface area contributed by atoms with E-state index in [1.54, 1.807) is 18.6 Å². The van der Waals surface area contributed by atoms with Crippen molar-refractivity contribution in [2.75, 3.05) is 6.54 Å². The van der Waals surface area contributed by atoms with Crippen LogP contribution in [0.15, 0.2) is 48.9 Å². The van der Waals surface area contributed by atoms with E-state index in [1.807, 2.05) is 35.2 Å². The summed E-state index contributed by atoms with van der Waals surface area (Å²) in [6, 6.07) is 9.49. The Kier molecular flexibility index (Phi) is 5.72. The van der Waals surface area contributed by atoms with E-state index in [0.29, 0.717) is 25.8 Å². The molecule has 0 radical (unpaired) electrons. The lowest BCUT2D eigenvalue weighted by Crippen LogP contribution is -2.51. The Morgan fingerprint density at radius 3 is 2.84 bits per heavy atom. The number of rotatable bonds is 6. The van der Waals surface area contributed by atoms with Crippen LogP contribution in [0.3, 0.4) is 0 Å². The van der Waals surface area contributed by atoms with Gasteiger partial charge in [0.2, 0.25) is 11.8 Å². The second-order valence-corrected chi connectivity index (χ2v) is 6.20. The average Bonchev–Trinajstić information content (AvgIpc) is 2.65. The molecule has 1 unspecified atom stereocenters. The van der Waals surface area contributed by atoms with Crippen LogP contribution in [0.5, 0.6) is 0 Å². The maximum absolute atomic E-state index is 12.6. The van der Waals surface area contributed by atoms with E-state index in [4.69, 9.17) is 0 Å². The van der Waals surface area contributed by atoms with E-state index in [9.17, 15) is 9.59 Å². The van der Waals surface area contributed by atoms with Crippen molar-refractivity contribution in [3.63, 3.8) is 0 Å². The molecule has 1 N–H and O–H groups in total. The van der Waals surface area contributed by atoms with Crippen LogP contribution in [-0.4, -0.2) is 39.3 Å². The molecular formula is C19H22N4O2. The van der Waals surface area contributed by atoms with Crippen molar-refractivity contribution in [1.82, 2.24) is 20.2 Å². The van der Waals surface area contributed by atoms with Crippen molar-refractivity contribution < 1.29 is 9.59 Å². The molecule has 1 atom stereocenters. The van der Waals surface area contributed by atoms with E-state index < -0.39 is 6.04 Å². The first-order valence-corrected chi connectivity index (χ1v) is 8.59. The van der Waals surface area contributed by atoms with Gasteiger partial charge in [-0.2, -0.15) is 0 Å². The fourth-order valence-corrected chi connectivity index (χ4v) is 3.00. The number of amides is 2. The summed E-state index contributed by atoms with van der Waals surface area (Å²) in [5, 5.41) is 2.88. The minimum atomic E-state index is -0.424. The van der Waals surface area contributed by atoms with Gasteiger partial charge in [0.1, 0.15) is 6.04 Å². The standard InChI is InChI=1S/C19H22N4O2/c24-18(9-8-16-13-20-10-11-21-16)22-17-7-4-12-23(19(17)25)14-15-5-2-1-3-6-15/h1-3,5-6,10-11,13,17H,4,7-9,12,14H2,(H,22,24). The lowest BCUT2D eigenvalue weighted by atomic mass is 10.0. The van der Waals surface area contributed by atoms with Crippen LogP contribution in [-0.2, 0) is 22.6 Å². The average molecular weight is 338 g/mol. The van der Waals surface area contributed by atoms with Gasteiger partial charge in [0.05, 0.1) is 5.69 Å². The number of aryl methyl sites for hydroxylation is 1. The normalized spacial score (nSPS) is 17.4. The molecule has 1 aliphatic rings. The van der Waals surface area contributed by atoms with E-state index in [2.05, 4.69) is 15.3 Å². The van der Waals surface area contributed by atoms with E-state index in [0.717, 1.165) is 24.2 Å². The molecule has 0 bridgehead atoms. The van der Waals surface area contributed by atoms with Crippen LogP contribution in [0.4, 0.5) is 0 Å². The zero-order chi connectivity index (χ0) is 17.5. The summed E-state index contributed by atoms with van der Waals surface area (Å²) < 4.78 is 0. The third kappa shape index (κ3) is 4.86. The molecule has 0 saturated carbocycles. The summed E-state index contributed by atoms with van der Waals surface area (Å²) in [6.45, 7) is 1.32. The van der Waals surface area contributed by atoms with Gasteiger partial charge in [-0.05, 0) is 24.8 Å². The number of hydrogen-bond donors (Lipinski definition) is 1. The quantitative estimate of drug-likeness (QED) is 0.870. The zero-order valence-electron chi connectivity index (χ0n) is 14.1. The van der Waals surface area contributed by atoms with Gasteiger partial charge >= 0.3 is 0 Å². The molecule has 1 aromatic heterocycles. The van der Waals surface area contributed by atoms with Crippen LogP contribution in [0.25, 0.3) is 0 Å². The zero-order valence-corrected chi connectivity index (χ0v) is 14.1. The summed E-state index contributed by atoms with van der Waals surface area (Å²) >= 11 is 0. The van der Waals surface area contributed by atoms with Gasteiger partial charge in [0.25, 0.3) is 0 Å². The van der Waals surface area contributed by atoms with Gasteiger partial charge in [0, 0.05) is 38.1 Å². The van der Waals surface area contributed by atoms with Crippen molar-refractivity contribution in [2.24, 2.45) is 0 Å². The van der Waals surface area contributed by atoms with E-state index in [1.165, 1.54) is 0 Å². The first-order chi connectivity index (χ1) is 12.2. The molecule has 1 saturated heterocycles. The lowest BCUT2D eigenvalue weighted by Gasteiger charge is -2.32. The molecule has 1 fully saturated rings. The van der Waals surface area contributed by atoms with Crippen molar-refractivity contribution >= 4 is 11.8 Å². The predicted molar refractivity (Wildman–Crippen MR) is 93.4 cm³/mol. The molecule has 2 heterocycles. The number of benzene rings is 1. The highest BCUT2D eigenvalue weighted by Crippen LogP contribution is 2.15. The molecule has 1 aliphatic heterocycles. The summed E-state index contributed by atoms with van der Waals surface area (Å²) in [7, 11) is 0. The monoisotopic (exact) mass is 338 g/mol. The van der Waals surface area contributed by atoms with E-state index in [-0.39, 0.29) is 11.8 Å². The highest BCUT2D eigenvalue weighted by molar-refractivity contribution is 5.88. The third-order valence-electron chi connectivity index (χ3n) is 4.31. The van der Waals surface area contributed by atoms with Gasteiger partial charge in [0.15, 0.2) is 0 Å². The largest absolute Gasteiger partial charge is 0.344 e. The minimum Gasteiger partial charge on any atom is -0.344 e. The topological polar surface area (TPSA) is 75.2 Å². The third-order valence-corrected chi connectivity index (χ3v) is 4.31. The van der Waals surface area contributed by atoms with E-state index >= 15 is 0 Å². The van der Waals surface area contributed by atoms with Crippen molar-refractivity contribution in [2.45, 2.75) is 38.3 Å². The van der Waals surface area contributed by atoms with Crippen LogP contribution in [0.1, 0.15) is 30.5 Å². The number of carbonyl (C=O) groups is 2. The molecular weight excluding hydrogens is 316 g/mol. The van der Waals surface area contributed by atoms with Gasteiger partial charge in [-0.15, -0.1) is 0 Å². The Balaban J connectivity index is 1.51. The highest BCUT2D eigenvalue weighted by Gasteiger charge is 2.29. The highest BCUT2D eigenvalue weighted by atomic mass is 16.2. The molecule has 2 aromatic rings. The molecule has 1 aromatic carbocycles. The Labute approximate surface area is 147 Å². The number of nitrogens with zero attached hydrogens (tertiary/aromatic N) is 3. The number of nitrogens with one attached hydrogen (secondary N) is 1. The molecule has 0 spiro atoms. The summed E-state index contributed by atoms with van der Waals surface area (Å²) in [4.78, 5) is 34.8. The molecule has 6 nitrogen and oxygen atoms in total. The van der Waals surface area contributed by atoms with Crippen LogP contribution in [0.2, 0.25) is 0 Å². The number of carbonyl (C=O) groups excluding carboxylic acids is 2. The maximum atomic E-state index is 12.6. The Morgan fingerprint density at radius 1 is 1.24 bits per heavy atom. The van der Waals surface area contributed by atoms with Gasteiger partial charge in [-0.1, -0.05) is 30.3 Å². The summed E-state index contributed by atoms with van der Waals surface area (Å²) in [5.74, 6) is -0.117. The molecule has 25 heavy (non-hydrogen) atoms. The SMILES string of the molecule is O=C(CCc1cnccn1)NC1CCCN(Cc2ccccc2)C1=O. The summed E-state index contributed by atoms with van der Waals surface area (Å²) in [6.07, 6.45) is 7.29. The smallest absolute Gasteiger partial charge is 0.245 e. The molecule has 3 rings (SSSR count). The first-order valence-electron chi connectivity index (χ1n) is 8.59. The fourth-order valence-electron chi connectivity index (χ4n) is 3.00. The Morgan fingerprint density at radius 2 is 2.08 bits per heavy atom. The minimum absolute atomic E-state index is 0.00274. The van der Waals surface area contributed by atoms with Crippen LogP contribution in [0, 0.1) is 0 Å². The van der Waals surface area contributed by atoms with Gasteiger partial charge in [-0.3, -0.25) is 19.6 Å². The number of likely N-dealkylation sites (tertiary alicyclic amines) is 1. The van der Waals surface area contributed by atoms with Crippen LogP contribution < -0.4 is 5.32 Å². The molecule has 130 valence electrons. The second-order valence-electron chi connectivity index (χ2n) is 6.20. The molecule has 0 aliphatic carbocycles. The van der Waals surface area contributed by atoms with Crippen molar-refractivity contribution in [3.8, 4) is 0 Å². The Hall–Kier alpha value is -2.76.